The molecule has 3 heteroatoms. The topological polar surface area (TPSA) is 29.5 Å². The molecule has 1 aliphatic carbocycles. The van der Waals surface area contributed by atoms with Gasteiger partial charge >= 0.3 is 0 Å². The molecule has 2 aliphatic rings. The van der Waals surface area contributed by atoms with Crippen LogP contribution in [0.5, 0.6) is 5.75 Å². The zero-order valence-electron chi connectivity index (χ0n) is 15.7. The summed E-state index contributed by atoms with van der Waals surface area (Å²) < 4.78 is 5.32. The first kappa shape index (κ1) is 17.3. The minimum absolute atomic E-state index is 0.277. The third-order valence-corrected chi connectivity index (χ3v) is 6.39. The van der Waals surface area contributed by atoms with Crippen molar-refractivity contribution < 1.29 is 9.53 Å². The van der Waals surface area contributed by atoms with Crippen LogP contribution >= 0.6 is 0 Å². The Balaban J connectivity index is 1.50. The predicted octanol–water partition coefficient (Wildman–Crippen LogP) is 4.46. The highest BCUT2D eigenvalue weighted by Gasteiger charge is 2.44. The smallest absolute Gasteiger partial charge is 0.183 e. The van der Waals surface area contributed by atoms with Gasteiger partial charge in [-0.15, -0.1) is 0 Å². The highest BCUT2D eigenvalue weighted by atomic mass is 16.5. The average molecular weight is 349 g/mol. The van der Waals surface area contributed by atoms with Gasteiger partial charge < -0.3 is 4.74 Å². The average Bonchev–Trinajstić information content (AvgIpc) is 2.71. The lowest BCUT2D eigenvalue weighted by atomic mass is 9.75. The second kappa shape index (κ2) is 6.88. The molecule has 0 radical (unpaired) electrons. The summed E-state index contributed by atoms with van der Waals surface area (Å²) in [6.45, 7) is 4.13. The Kier molecular flexibility index (Phi) is 4.58. The van der Waals surface area contributed by atoms with Gasteiger partial charge in [-0.25, -0.2) is 0 Å². The molecule has 0 N–H and O–H groups in total. The molecule has 136 valence electrons. The van der Waals surface area contributed by atoms with Crippen LogP contribution in [0.2, 0.25) is 0 Å². The number of methoxy groups -OCH3 is 1. The Morgan fingerprint density at radius 3 is 2.50 bits per heavy atom. The number of ketones is 1. The molecule has 2 aromatic rings. The van der Waals surface area contributed by atoms with Crippen LogP contribution in [-0.2, 0) is 6.42 Å². The summed E-state index contributed by atoms with van der Waals surface area (Å²) in [5.74, 6) is 1.73. The fourth-order valence-electron chi connectivity index (χ4n) is 4.64. The van der Waals surface area contributed by atoms with E-state index in [-0.39, 0.29) is 11.3 Å². The summed E-state index contributed by atoms with van der Waals surface area (Å²) >= 11 is 0. The lowest BCUT2D eigenvalue weighted by molar-refractivity contribution is 0.0439. The van der Waals surface area contributed by atoms with E-state index in [0.717, 1.165) is 55.6 Å². The molecule has 0 amide bonds. The first-order valence-corrected chi connectivity index (χ1v) is 9.63. The van der Waals surface area contributed by atoms with Gasteiger partial charge in [0.2, 0.25) is 0 Å². The summed E-state index contributed by atoms with van der Waals surface area (Å²) in [5.41, 5.74) is 3.07. The van der Waals surface area contributed by atoms with Crippen LogP contribution < -0.4 is 4.74 Å². The molecule has 0 spiro atoms. The molecular weight excluding hydrogens is 322 g/mol. The number of piperidine rings is 1. The van der Waals surface area contributed by atoms with Crippen molar-refractivity contribution in [3.05, 3.63) is 65.2 Å². The molecule has 1 saturated heterocycles. The van der Waals surface area contributed by atoms with E-state index in [1.807, 2.05) is 18.2 Å². The fraction of sp³-hybridized carbons (Fsp3) is 0.435. The Morgan fingerprint density at radius 1 is 1.08 bits per heavy atom. The van der Waals surface area contributed by atoms with Gasteiger partial charge in [-0.2, -0.15) is 0 Å². The van der Waals surface area contributed by atoms with Crippen molar-refractivity contribution in [1.29, 1.82) is 0 Å². The van der Waals surface area contributed by atoms with Crippen molar-refractivity contribution in [3.63, 3.8) is 0 Å². The molecule has 1 atom stereocenters. The zero-order chi connectivity index (χ0) is 18.1. The van der Waals surface area contributed by atoms with E-state index in [0.29, 0.717) is 5.92 Å². The van der Waals surface area contributed by atoms with Gasteiger partial charge in [0.1, 0.15) is 5.75 Å². The number of Topliss-reactive ketones (excluding diaryl/α,β-unsaturated/α-hetero) is 1. The normalized spacial score (nSPS) is 24.3. The van der Waals surface area contributed by atoms with Crippen LogP contribution in [0.25, 0.3) is 0 Å². The van der Waals surface area contributed by atoms with Gasteiger partial charge in [-0.05, 0) is 80.9 Å². The van der Waals surface area contributed by atoms with Crippen molar-refractivity contribution in [3.8, 4) is 5.75 Å². The molecule has 1 unspecified atom stereocenters. The third-order valence-electron chi connectivity index (χ3n) is 6.39. The first-order chi connectivity index (χ1) is 12.6. The highest BCUT2D eigenvalue weighted by molar-refractivity contribution is 6.05. The van der Waals surface area contributed by atoms with E-state index in [2.05, 4.69) is 42.2 Å². The number of hydrogen-bond acceptors (Lipinski definition) is 3. The highest BCUT2D eigenvalue weighted by Crippen LogP contribution is 2.38. The van der Waals surface area contributed by atoms with Gasteiger partial charge in [-0.1, -0.05) is 30.3 Å². The number of fused-ring (bicyclic) bond motifs is 1. The lowest BCUT2D eigenvalue weighted by Crippen LogP contribution is -2.56. The number of likely N-dealkylation sites (tertiary alicyclic amines) is 1. The number of nitrogens with zero attached hydrogens (tertiary/aromatic N) is 1. The fourth-order valence-corrected chi connectivity index (χ4v) is 4.64. The Hall–Kier alpha value is -2.13. The number of carbonyl (C=O) groups is 1. The number of carbonyl (C=O) groups excluding carboxylic acids is 1. The molecule has 0 aromatic heterocycles. The standard InChI is InChI=1S/C23H27NO2/c1-23(13-10-19-16-20(26-2)8-9-21(19)22(23)25)24-14-11-18(12-15-24)17-6-4-3-5-7-17/h3-9,16,18H,10-15H2,1-2H3. The van der Waals surface area contributed by atoms with Crippen LogP contribution in [0.4, 0.5) is 0 Å². The maximum Gasteiger partial charge on any atom is 0.183 e. The van der Waals surface area contributed by atoms with Crippen LogP contribution in [0, 0.1) is 0 Å². The summed E-state index contributed by atoms with van der Waals surface area (Å²) in [7, 11) is 1.67. The van der Waals surface area contributed by atoms with E-state index in [1.54, 1.807) is 7.11 Å². The molecule has 1 heterocycles. The number of hydrogen-bond donors (Lipinski definition) is 0. The molecule has 4 rings (SSSR count). The number of rotatable bonds is 3. The van der Waals surface area contributed by atoms with E-state index in [9.17, 15) is 4.79 Å². The summed E-state index contributed by atoms with van der Waals surface area (Å²) in [5, 5.41) is 0. The van der Waals surface area contributed by atoms with Crippen LogP contribution in [0.15, 0.2) is 48.5 Å². The summed E-state index contributed by atoms with van der Waals surface area (Å²) in [6.07, 6.45) is 4.08. The van der Waals surface area contributed by atoms with Crippen molar-refractivity contribution in [2.75, 3.05) is 20.2 Å². The van der Waals surface area contributed by atoms with Crippen LogP contribution in [0.3, 0.4) is 0 Å². The summed E-state index contributed by atoms with van der Waals surface area (Å²) in [6, 6.07) is 16.7. The second-order valence-electron chi connectivity index (χ2n) is 7.80. The largest absolute Gasteiger partial charge is 0.497 e. The van der Waals surface area contributed by atoms with Crippen molar-refractivity contribution >= 4 is 5.78 Å². The minimum Gasteiger partial charge on any atom is -0.497 e. The van der Waals surface area contributed by atoms with E-state index in [1.165, 1.54) is 5.56 Å². The van der Waals surface area contributed by atoms with Gasteiger partial charge in [0.25, 0.3) is 0 Å². The van der Waals surface area contributed by atoms with Gasteiger partial charge in [0.15, 0.2) is 5.78 Å². The van der Waals surface area contributed by atoms with Crippen molar-refractivity contribution in [2.45, 2.75) is 44.1 Å². The van der Waals surface area contributed by atoms with Crippen LogP contribution in [-0.4, -0.2) is 36.4 Å². The summed E-state index contributed by atoms with van der Waals surface area (Å²) in [4.78, 5) is 15.7. The number of benzene rings is 2. The van der Waals surface area contributed by atoms with E-state index < -0.39 is 0 Å². The van der Waals surface area contributed by atoms with E-state index >= 15 is 0 Å². The second-order valence-corrected chi connectivity index (χ2v) is 7.80. The molecule has 3 nitrogen and oxygen atoms in total. The van der Waals surface area contributed by atoms with Gasteiger partial charge in [-0.3, -0.25) is 9.69 Å². The molecule has 0 saturated carbocycles. The molecule has 1 fully saturated rings. The molecule has 2 aromatic carbocycles. The third kappa shape index (κ3) is 2.95. The molecule has 0 bridgehead atoms. The monoisotopic (exact) mass is 349 g/mol. The SMILES string of the molecule is COc1ccc2c(c1)CCC(C)(N1CCC(c3ccccc3)CC1)C2=O. The zero-order valence-corrected chi connectivity index (χ0v) is 15.7. The molecule has 26 heavy (non-hydrogen) atoms. The first-order valence-electron chi connectivity index (χ1n) is 9.63. The molecular formula is C23H27NO2. The van der Waals surface area contributed by atoms with Gasteiger partial charge in [0, 0.05) is 5.56 Å². The predicted molar refractivity (Wildman–Crippen MR) is 104 cm³/mol. The minimum atomic E-state index is -0.372. The maximum absolute atomic E-state index is 13.3. The Labute approximate surface area is 156 Å². The number of aryl methyl sites for hydroxylation is 1. The van der Waals surface area contributed by atoms with Crippen molar-refractivity contribution in [1.82, 2.24) is 4.90 Å². The quantitative estimate of drug-likeness (QED) is 0.819. The number of ether oxygens (including phenoxy) is 1. The van der Waals surface area contributed by atoms with E-state index in [4.69, 9.17) is 4.74 Å². The maximum atomic E-state index is 13.3. The lowest BCUT2D eigenvalue weighted by Gasteiger charge is -2.46. The Morgan fingerprint density at radius 2 is 1.81 bits per heavy atom. The molecule has 1 aliphatic heterocycles. The van der Waals surface area contributed by atoms with Crippen molar-refractivity contribution in [2.24, 2.45) is 0 Å². The van der Waals surface area contributed by atoms with Crippen LogP contribution in [0.1, 0.15) is 53.6 Å². The van der Waals surface area contributed by atoms with Gasteiger partial charge in [0.05, 0.1) is 12.6 Å². The Bertz CT molecular complexity index is 793.